The average Bonchev–Trinajstić information content (AvgIpc) is 2.38. The van der Waals surface area contributed by atoms with Gasteiger partial charge in [-0.15, -0.1) is 0 Å². The van der Waals surface area contributed by atoms with Crippen molar-refractivity contribution in [2.24, 2.45) is 5.73 Å². The van der Waals surface area contributed by atoms with Crippen LogP contribution in [0.1, 0.15) is 11.7 Å². The highest BCUT2D eigenvalue weighted by Gasteiger charge is 2.11. The normalized spacial score (nSPS) is 12.1. The van der Waals surface area contributed by atoms with Gasteiger partial charge in [0.05, 0.1) is 0 Å². The van der Waals surface area contributed by atoms with E-state index in [4.69, 9.17) is 10.5 Å². The lowest BCUT2D eigenvalue weighted by molar-refractivity contribution is 0.214. The molecule has 2 aromatic carbocycles. The summed E-state index contributed by atoms with van der Waals surface area (Å²) in [6.45, 7) is 0.348. The molecule has 2 aromatic rings. The standard InChI is InChI=1S/C14H14FNO/c15-12-8-6-11(7-9-12)14(10-16)17-13-4-2-1-3-5-13/h1-9,14H,10,16H2. The molecule has 0 spiro atoms. The molecular formula is C14H14FNO. The zero-order valence-corrected chi connectivity index (χ0v) is 9.34. The Morgan fingerprint density at radius 1 is 1.00 bits per heavy atom. The monoisotopic (exact) mass is 231 g/mol. The Bertz CT molecular complexity index is 455. The fraction of sp³-hybridized carbons (Fsp3) is 0.143. The van der Waals surface area contributed by atoms with Crippen molar-refractivity contribution in [1.82, 2.24) is 0 Å². The van der Waals surface area contributed by atoms with Crippen LogP contribution in [-0.4, -0.2) is 6.54 Å². The highest BCUT2D eigenvalue weighted by atomic mass is 19.1. The number of benzene rings is 2. The maximum absolute atomic E-state index is 12.8. The SMILES string of the molecule is NCC(Oc1ccccc1)c1ccc(F)cc1. The van der Waals surface area contributed by atoms with Crippen molar-refractivity contribution < 1.29 is 9.13 Å². The predicted molar refractivity (Wildman–Crippen MR) is 65.3 cm³/mol. The summed E-state index contributed by atoms with van der Waals surface area (Å²) < 4.78 is 18.6. The van der Waals surface area contributed by atoms with Crippen molar-refractivity contribution in [3.63, 3.8) is 0 Å². The number of para-hydroxylation sites is 1. The maximum atomic E-state index is 12.8. The first-order chi connectivity index (χ1) is 8.29. The van der Waals surface area contributed by atoms with E-state index in [0.717, 1.165) is 11.3 Å². The van der Waals surface area contributed by atoms with Crippen LogP contribution in [-0.2, 0) is 0 Å². The van der Waals surface area contributed by atoms with Gasteiger partial charge in [-0.1, -0.05) is 30.3 Å². The third-order valence-electron chi connectivity index (χ3n) is 2.48. The van der Waals surface area contributed by atoms with Gasteiger partial charge in [0.1, 0.15) is 17.7 Å². The van der Waals surface area contributed by atoms with Gasteiger partial charge in [0.15, 0.2) is 0 Å². The molecule has 17 heavy (non-hydrogen) atoms. The second kappa shape index (κ2) is 5.46. The highest BCUT2D eigenvalue weighted by molar-refractivity contribution is 5.25. The largest absolute Gasteiger partial charge is 0.484 e. The van der Waals surface area contributed by atoms with Crippen molar-refractivity contribution in [3.8, 4) is 5.75 Å². The predicted octanol–water partition coefficient (Wildman–Crippen LogP) is 2.90. The molecule has 3 heteroatoms. The molecular weight excluding hydrogens is 217 g/mol. The van der Waals surface area contributed by atoms with Crippen LogP contribution in [0.2, 0.25) is 0 Å². The van der Waals surface area contributed by atoms with Gasteiger partial charge in [-0.25, -0.2) is 4.39 Å². The van der Waals surface area contributed by atoms with Crippen LogP contribution in [0.5, 0.6) is 5.75 Å². The lowest BCUT2D eigenvalue weighted by Crippen LogP contribution is -2.18. The fourth-order valence-electron chi connectivity index (χ4n) is 1.59. The van der Waals surface area contributed by atoms with Crippen molar-refractivity contribution >= 4 is 0 Å². The molecule has 0 aliphatic rings. The van der Waals surface area contributed by atoms with Crippen LogP contribution in [0.3, 0.4) is 0 Å². The summed E-state index contributed by atoms with van der Waals surface area (Å²) >= 11 is 0. The fourth-order valence-corrected chi connectivity index (χ4v) is 1.59. The number of halogens is 1. The van der Waals surface area contributed by atoms with Gasteiger partial charge in [-0.2, -0.15) is 0 Å². The van der Waals surface area contributed by atoms with Gasteiger partial charge in [-0.3, -0.25) is 0 Å². The van der Waals surface area contributed by atoms with E-state index in [1.165, 1.54) is 12.1 Å². The molecule has 2 nitrogen and oxygen atoms in total. The Labute approximate surface area is 99.8 Å². The highest BCUT2D eigenvalue weighted by Crippen LogP contribution is 2.21. The third-order valence-corrected chi connectivity index (χ3v) is 2.48. The van der Waals surface area contributed by atoms with Crippen LogP contribution >= 0.6 is 0 Å². The number of rotatable bonds is 4. The number of hydrogen-bond acceptors (Lipinski definition) is 2. The molecule has 0 aliphatic heterocycles. The molecule has 0 fully saturated rings. The molecule has 88 valence electrons. The van der Waals surface area contributed by atoms with Gasteiger partial charge in [0, 0.05) is 6.54 Å². The van der Waals surface area contributed by atoms with Crippen molar-refractivity contribution in [3.05, 3.63) is 66.0 Å². The lowest BCUT2D eigenvalue weighted by atomic mass is 10.1. The van der Waals surface area contributed by atoms with Crippen LogP contribution in [0, 0.1) is 5.82 Å². The minimum absolute atomic E-state index is 0.252. The van der Waals surface area contributed by atoms with Gasteiger partial charge in [0.2, 0.25) is 0 Å². The topological polar surface area (TPSA) is 35.2 Å². The first-order valence-corrected chi connectivity index (χ1v) is 5.47. The molecule has 2 N–H and O–H groups in total. The van der Waals surface area contributed by atoms with Gasteiger partial charge >= 0.3 is 0 Å². The molecule has 0 saturated carbocycles. The van der Waals surface area contributed by atoms with Crippen LogP contribution in [0.25, 0.3) is 0 Å². The molecule has 0 heterocycles. The van der Waals surface area contributed by atoms with E-state index in [1.54, 1.807) is 12.1 Å². The zero-order chi connectivity index (χ0) is 12.1. The van der Waals surface area contributed by atoms with Crippen molar-refractivity contribution in [2.75, 3.05) is 6.54 Å². The van der Waals surface area contributed by atoms with E-state index >= 15 is 0 Å². The summed E-state index contributed by atoms with van der Waals surface area (Å²) in [4.78, 5) is 0. The minimum Gasteiger partial charge on any atom is -0.484 e. The molecule has 0 aliphatic carbocycles. The third kappa shape index (κ3) is 3.04. The Morgan fingerprint density at radius 2 is 1.65 bits per heavy atom. The minimum atomic E-state index is -0.260. The first-order valence-electron chi connectivity index (χ1n) is 5.47. The molecule has 2 rings (SSSR count). The number of nitrogens with two attached hydrogens (primary N) is 1. The Balaban J connectivity index is 2.14. The summed E-state index contributed by atoms with van der Waals surface area (Å²) in [7, 11) is 0. The lowest BCUT2D eigenvalue weighted by Gasteiger charge is -2.17. The molecule has 0 bridgehead atoms. The van der Waals surface area contributed by atoms with E-state index in [1.807, 2.05) is 30.3 Å². The van der Waals surface area contributed by atoms with Crippen molar-refractivity contribution in [1.29, 1.82) is 0 Å². The zero-order valence-electron chi connectivity index (χ0n) is 9.34. The van der Waals surface area contributed by atoms with E-state index in [9.17, 15) is 4.39 Å². The smallest absolute Gasteiger partial charge is 0.136 e. The summed E-state index contributed by atoms with van der Waals surface area (Å²) in [5.74, 6) is 0.497. The van der Waals surface area contributed by atoms with Crippen LogP contribution in [0.15, 0.2) is 54.6 Å². The maximum Gasteiger partial charge on any atom is 0.136 e. The second-order valence-corrected chi connectivity index (χ2v) is 3.71. The summed E-state index contributed by atoms with van der Waals surface area (Å²) in [5, 5.41) is 0. The number of ether oxygens (including phenoxy) is 1. The summed E-state index contributed by atoms with van der Waals surface area (Å²) in [5.41, 5.74) is 6.54. The first kappa shape index (κ1) is 11.6. The molecule has 0 radical (unpaired) electrons. The van der Waals surface area contributed by atoms with E-state index in [-0.39, 0.29) is 11.9 Å². The summed E-state index contributed by atoms with van der Waals surface area (Å²) in [6, 6.07) is 15.6. The van der Waals surface area contributed by atoms with Crippen LogP contribution < -0.4 is 10.5 Å². The molecule has 1 unspecified atom stereocenters. The Morgan fingerprint density at radius 3 is 2.24 bits per heavy atom. The van der Waals surface area contributed by atoms with Gasteiger partial charge in [0.25, 0.3) is 0 Å². The van der Waals surface area contributed by atoms with Gasteiger partial charge < -0.3 is 10.5 Å². The van der Waals surface area contributed by atoms with Crippen LogP contribution in [0.4, 0.5) is 4.39 Å². The molecule has 0 saturated heterocycles. The Kier molecular flexibility index (Phi) is 3.73. The van der Waals surface area contributed by atoms with Gasteiger partial charge in [-0.05, 0) is 29.8 Å². The second-order valence-electron chi connectivity index (χ2n) is 3.71. The molecule has 0 aromatic heterocycles. The molecule has 1 atom stereocenters. The van der Waals surface area contributed by atoms with E-state index < -0.39 is 0 Å². The van der Waals surface area contributed by atoms with Crippen molar-refractivity contribution in [2.45, 2.75) is 6.10 Å². The Hall–Kier alpha value is -1.87. The quantitative estimate of drug-likeness (QED) is 0.878. The average molecular weight is 231 g/mol. The molecule has 0 amide bonds. The number of hydrogen-bond donors (Lipinski definition) is 1. The summed E-state index contributed by atoms with van der Waals surface area (Å²) in [6.07, 6.45) is -0.252. The van der Waals surface area contributed by atoms with E-state index in [0.29, 0.717) is 6.54 Å². The van der Waals surface area contributed by atoms with E-state index in [2.05, 4.69) is 0 Å².